The van der Waals surface area contributed by atoms with Crippen molar-refractivity contribution in [1.29, 1.82) is 0 Å². The Balaban J connectivity index is 1.78. The van der Waals surface area contributed by atoms with Gasteiger partial charge < -0.3 is 10.6 Å². The van der Waals surface area contributed by atoms with Crippen LogP contribution in [0, 0.1) is 0 Å². The Morgan fingerprint density at radius 2 is 2.54 bits per heavy atom. The van der Waals surface area contributed by atoms with Crippen molar-refractivity contribution in [2.24, 2.45) is 0 Å². The molecule has 0 unspecified atom stereocenters. The average Bonchev–Trinajstić information content (AvgIpc) is 2.49. The number of aromatic amines is 1. The molecule has 2 heterocycles. The van der Waals surface area contributed by atoms with Gasteiger partial charge in [-0.15, -0.1) is 0 Å². The second kappa shape index (κ2) is 3.57. The molecule has 0 saturated carbocycles. The quantitative estimate of drug-likeness (QED) is 0.561. The molecule has 3 N–H and O–H groups in total. The van der Waals surface area contributed by atoms with Gasteiger partial charge >= 0.3 is 0 Å². The first-order valence-electron chi connectivity index (χ1n) is 4.33. The number of H-pyrrole nitrogens is 1. The monoisotopic (exact) mass is 180 g/mol. The lowest BCUT2D eigenvalue weighted by Gasteiger charge is -2.27. The van der Waals surface area contributed by atoms with Gasteiger partial charge in [0.2, 0.25) is 5.91 Å². The number of hydrogen-bond acceptors (Lipinski definition) is 3. The van der Waals surface area contributed by atoms with Gasteiger partial charge in [0.1, 0.15) is 0 Å². The lowest BCUT2D eigenvalue weighted by atomic mass is 10.1. The van der Waals surface area contributed by atoms with E-state index >= 15 is 0 Å². The Morgan fingerprint density at radius 3 is 3.08 bits per heavy atom. The van der Waals surface area contributed by atoms with Gasteiger partial charge in [0.25, 0.3) is 0 Å². The third-order valence-electron chi connectivity index (χ3n) is 2.06. The summed E-state index contributed by atoms with van der Waals surface area (Å²) in [7, 11) is 0. The van der Waals surface area contributed by atoms with Crippen LogP contribution in [-0.2, 0) is 11.2 Å². The number of carbonyl (C=O) groups is 1. The van der Waals surface area contributed by atoms with Gasteiger partial charge in [0.05, 0.1) is 12.5 Å². The maximum atomic E-state index is 11.3. The number of amides is 1. The molecule has 0 spiro atoms. The summed E-state index contributed by atoms with van der Waals surface area (Å²) in [6, 6.07) is 2.12. The van der Waals surface area contributed by atoms with E-state index < -0.39 is 0 Å². The van der Waals surface area contributed by atoms with Crippen molar-refractivity contribution in [2.75, 3.05) is 13.1 Å². The highest BCUT2D eigenvalue weighted by Gasteiger charge is 2.18. The second-order valence-electron chi connectivity index (χ2n) is 3.18. The first-order valence-corrected chi connectivity index (χ1v) is 4.33. The molecule has 1 fully saturated rings. The van der Waals surface area contributed by atoms with Crippen molar-refractivity contribution in [3.05, 3.63) is 18.0 Å². The Labute approximate surface area is 75.9 Å². The molecule has 0 aliphatic carbocycles. The standard InChI is InChI=1S/C8H12N4O/c13-8(11-7-4-9-5-7)3-6-1-2-10-12-6/h1-2,7,9H,3-5H2,(H,10,12)(H,11,13). The highest BCUT2D eigenvalue weighted by Crippen LogP contribution is 1.95. The number of rotatable bonds is 3. The van der Waals surface area contributed by atoms with Gasteiger partial charge in [-0.3, -0.25) is 9.89 Å². The lowest BCUT2D eigenvalue weighted by molar-refractivity contribution is -0.121. The minimum Gasteiger partial charge on any atom is -0.350 e. The third-order valence-corrected chi connectivity index (χ3v) is 2.06. The second-order valence-corrected chi connectivity index (χ2v) is 3.18. The molecule has 0 atom stereocenters. The Kier molecular flexibility index (Phi) is 2.27. The normalized spacial score (nSPS) is 16.6. The molecule has 13 heavy (non-hydrogen) atoms. The number of aromatic nitrogens is 2. The van der Waals surface area contributed by atoms with Crippen LogP contribution in [0.4, 0.5) is 0 Å². The van der Waals surface area contributed by atoms with Gasteiger partial charge in [0.15, 0.2) is 0 Å². The zero-order valence-electron chi connectivity index (χ0n) is 7.21. The summed E-state index contributed by atoms with van der Waals surface area (Å²) in [6.45, 7) is 1.77. The molecule has 1 aromatic rings. The highest BCUT2D eigenvalue weighted by molar-refractivity contribution is 5.78. The topological polar surface area (TPSA) is 69.8 Å². The van der Waals surface area contributed by atoms with Crippen molar-refractivity contribution >= 4 is 5.91 Å². The van der Waals surface area contributed by atoms with Crippen LogP contribution < -0.4 is 10.6 Å². The molecule has 1 aliphatic heterocycles. The fourth-order valence-corrected chi connectivity index (χ4v) is 1.23. The van der Waals surface area contributed by atoms with Crippen LogP contribution in [0.25, 0.3) is 0 Å². The molecule has 0 aromatic carbocycles. The van der Waals surface area contributed by atoms with Crippen LogP contribution in [0.15, 0.2) is 12.3 Å². The van der Waals surface area contributed by atoms with Gasteiger partial charge in [-0.05, 0) is 6.07 Å². The van der Waals surface area contributed by atoms with E-state index in [2.05, 4.69) is 20.8 Å². The first kappa shape index (κ1) is 8.25. The summed E-state index contributed by atoms with van der Waals surface area (Å²) in [6.07, 6.45) is 2.03. The summed E-state index contributed by atoms with van der Waals surface area (Å²) in [5.41, 5.74) is 0.852. The van der Waals surface area contributed by atoms with E-state index in [1.54, 1.807) is 12.3 Å². The molecule has 1 aliphatic rings. The zero-order valence-corrected chi connectivity index (χ0v) is 7.21. The van der Waals surface area contributed by atoms with Crippen molar-refractivity contribution in [3.63, 3.8) is 0 Å². The van der Waals surface area contributed by atoms with E-state index in [1.165, 1.54) is 0 Å². The molecule has 1 saturated heterocycles. The highest BCUT2D eigenvalue weighted by atomic mass is 16.1. The molecular formula is C8H12N4O. The van der Waals surface area contributed by atoms with Crippen molar-refractivity contribution in [2.45, 2.75) is 12.5 Å². The van der Waals surface area contributed by atoms with Crippen molar-refractivity contribution in [3.8, 4) is 0 Å². The molecular weight excluding hydrogens is 168 g/mol. The summed E-state index contributed by atoms with van der Waals surface area (Å²) in [5, 5.41) is 12.5. The fourth-order valence-electron chi connectivity index (χ4n) is 1.23. The van der Waals surface area contributed by atoms with Crippen LogP contribution in [0.1, 0.15) is 5.69 Å². The van der Waals surface area contributed by atoms with Crippen LogP contribution in [-0.4, -0.2) is 35.2 Å². The van der Waals surface area contributed by atoms with E-state index in [9.17, 15) is 4.79 Å². The van der Waals surface area contributed by atoms with E-state index in [-0.39, 0.29) is 5.91 Å². The van der Waals surface area contributed by atoms with Crippen molar-refractivity contribution in [1.82, 2.24) is 20.8 Å². The van der Waals surface area contributed by atoms with Crippen LogP contribution in [0.2, 0.25) is 0 Å². The van der Waals surface area contributed by atoms with E-state index in [0.717, 1.165) is 18.8 Å². The van der Waals surface area contributed by atoms with Crippen molar-refractivity contribution < 1.29 is 4.79 Å². The molecule has 1 amide bonds. The van der Waals surface area contributed by atoms with Gasteiger partial charge in [-0.2, -0.15) is 5.10 Å². The maximum Gasteiger partial charge on any atom is 0.226 e. The Bertz CT molecular complexity index is 278. The lowest BCUT2D eigenvalue weighted by Crippen LogP contribution is -2.57. The minimum absolute atomic E-state index is 0.0516. The van der Waals surface area contributed by atoms with Crippen LogP contribution in [0.3, 0.4) is 0 Å². The first-order chi connectivity index (χ1) is 6.34. The number of carbonyl (C=O) groups excluding carboxylic acids is 1. The minimum atomic E-state index is 0.0516. The summed E-state index contributed by atoms with van der Waals surface area (Å²) in [5.74, 6) is 0.0516. The Morgan fingerprint density at radius 1 is 1.69 bits per heavy atom. The Hall–Kier alpha value is -1.36. The smallest absolute Gasteiger partial charge is 0.226 e. The zero-order chi connectivity index (χ0) is 9.10. The maximum absolute atomic E-state index is 11.3. The largest absolute Gasteiger partial charge is 0.350 e. The van der Waals surface area contributed by atoms with Crippen LogP contribution in [0.5, 0.6) is 0 Å². The molecule has 2 rings (SSSR count). The molecule has 0 radical (unpaired) electrons. The van der Waals surface area contributed by atoms with E-state index in [1.807, 2.05) is 0 Å². The average molecular weight is 180 g/mol. The summed E-state index contributed by atoms with van der Waals surface area (Å²) >= 11 is 0. The number of hydrogen-bond donors (Lipinski definition) is 3. The summed E-state index contributed by atoms with van der Waals surface area (Å²) < 4.78 is 0. The number of nitrogens with one attached hydrogen (secondary N) is 3. The van der Waals surface area contributed by atoms with Crippen LogP contribution >= 0.6 is 0 Å². The summed E-state index contributed by atoms with van der Waals surface area (Å²) in [4.78, 5) is 11.3. The molecule has 0 bridgehead atoms. The molecule has 5 heteroatoms. The third kappa shape index (κ3) is 2.06. The SMILES string of the molecule is O=C(Cc1ccn[nH]1)NC1CNC1. The van der Waals surface area contributed by atoms with E-state index in [4.69, 9.17) is 0 Å². The van der Waals surface area contributed by atoms with Gasteiger partial charge in [-0.1, -0.05) is 0 Å². The predicted octanol–water partition coefficient (Wildman–Crippen LogP) is -0.960. The van der Waals surface area contributed by atoms with E-state index in [0.29, 0.717) is 12.5 Å². The van der Waals surface area contributed by atoms with Gasteiger partial charge in [-0.25, -0.2) is 0 Å². The molecule has 70 valence electrons. The fraction of sp³-hybridized carbons (Fsp3) is 0.500. The van der Waals surface area contributed by atoms with Gasteiger partial charge in [0, 0.05) is 25.0 Å². The molecule has 5 nitrogen and oxygen atoms in total. The number of nitrogens with zero attached hydrogens (tertiary/aromatic N) is 1. The predicted molar refractivity (Wildman–Crippen MR) is 47.1 cm³/mol. The molecule has 1 aromatic heterocycles.